The van der Waals surface area contributed by atoms with Gasteiger partial charge >= 0.3 is 6.03 Å². The largest absolute Gasteiger partial charge is 0.334 e. The van der Waals surface area contributed by atoms with E-state index >= 15 is 0 Å². The minimum Gasteiger partial charge on any atom is -0.334 e. The first-order valence-corrected chi connectivity index (χ1v) is 15.0. The van der Waals surface area contributed by atoms with Crippen LogP contribution in [-0.2, 0) is 21.1 Å². The number of urea groups is 1. The molecule has 0 unspecified atom stereocenters. The van der Waals surface area contributed by atoms with Crippen molar-refractivity contribution in [3.63, 3.8) is 0 Å². The highest BCUT2D eigenvalue weighted by Crippen LogP contribution is 2.33. The molecule has 0 radical (unpaired) electrons. The van der Waals surface area contributed by atoms with Crippen molar-refractivity contribution in [2.75, 3.05) is 26.1 Å². The molecule has 0 heterocycles. The molecule has 0 aliphatic heterocycles. The summed E-state index contributed by atoms with van der Waals surface area (Å²) in [5.74, 6) is -0.393. The predicted octanol–water partition coefficient (Wildman–Crippen LogP) is 5.95. The zero-order valence-electron chi connectivity index (χ0n) is 23.1. The Bertz CT molecular complexity index is 1450. The third-order valence-electron chi connectivity index (χ3n) is 5.33. The first-order chi connectivity index (χ1) is 18.2. The summed E-state index contributed by atoms with van der Waals surface area (Å²) in [5.41, 5.74) is 4.02. The molecule has 0 atom stereocenters. The number of carbonyl (C=O) groups excluding carboxylic acids is 2. The molecule has 0 aromatic heterocycles. The van der Waals surface area contributed by atoms with Crippen LogP contribution in [0.3, 0.4) is 0 Å². The number of hydrogen-bond acceptors (Lipinski definition) is 6. The summed E-state index contributed by atoms with van der Waals surface area (Å²) in [7, 11) is -0.754. The van der Waals surface area contributed by atoms with Crippen LogP contribution in [0.2, 0.25) is 10.0 Å². The minimum absolute atomic E-state index is 0.0315. The topological polar surface area (TPSA) is 116 Å². The Labute approximate surface area is 240 Å². The van der Waals surface area contributed by atoms with Crippen molar-refractivity contribution in [3.8, 4) is 0 Å². The summed E-state index contributed by atoms with van der Waals surface area (Å²) in [5, 5.41) is 6.13. The van der Waals surface area contributed by atoms with E-state index < -0.39 is 15.8 Å². The van der Waals surface area contributed by atoms with Crippen molar-refractivity contribution in [1.82, 2.24) is 15.5 Å². The van der Waals surface area contributed by atoms with Gasteiger partial charge in [-0.25, -0.2) is 14.0 Å². The van der Waals surface area contributed by atoms with Crippen molar-refractivity contribution in [2.45, 2.75) is 34.2 Å². The van der Waals surface area contributed by atoms with E-state index in [2.05, 4.69) is 25.0 Å². The van der Waals surface area contributed by atoms with E-state index in [-0.39, 0.29) is 30.0 Å². The fourth-order valence-electron chi connectivity index (χ4n) is 3.37. The summed E-state index contributed by atoms with van der Waals surface area (Å²) >= 11 is 12.7. The van der Waals surface area contributed by atoms with Gasteiger partial charge in [0.1, 0.15) is 0 Å². The molecule has 0 saturated heterocycles. The van der Waals surface area contributed by atoms with Gasteiger partial charge in [0.25, 0.3) is 0 Å². The first-order valence-electron chi connectivity index (χ1n) is 11.9. The molecule has 2 aromatic carbocycles. The number of benzene rings is 2. The highest BCUT2D eigenvalue weighted by atomic mass is 35.5. The van der Waals surface area contributed by atoms with E-state index in [4.69, 9.17) is 23.2 Å². The Morgan fingerprint density at radius 3 is 2.36 bits per heavy atom. The zero-order valence-corrected chi connectivity index (χ0v) is 25.5. The number of aliphatic imine (C=N–C) groups is 2. The number of allylic oxidation sites excluding steroid dienone is 1. The summed E-state index contributed by atoms with van der Waals surface area (Å²) < 4.78 is 16.4. The van der Waals surface area contributed by atoms with Crippen molar-refractivity contribution in [3.05, 3.63) is 68.7 Å². The van der Waals surface area contributed by atoms with E-state index in [9.17, 15) is 13.8 Å². The van der Waals surface area contributed by atoms with Crippen LogP contribution in [0.1, 0.15) is 30.5 Å². The quantitative estimate of drug-likeness (QED) is 0.305. The first kappa shape index (κ1) is 32.0. The van der Waals surface area contributed by atoms with Crippen LogP contribution >= 0.6 is 23.2 Å². The van der Waals surface area contributed by atoms with Crippen molar-refractivity contribution < 1.29 is 13.8 Å². The second-order valence-electron chi connectivity index (χ2n) is 9.14. The predicted molar refractivity (Wildman–Crippen MR) is 162 cm³/mol. The van der Waals surface area contributed by atoms with Gasteiger partial charge in [-0.3, -0.25) is 20.0 Å². The Morgan fingerprint density at radius 1 is 1.05 bits per heavy atom. The third kappa shape index (κ3) is 10.5. The minimum atomic E-state index is -2.42. The molecule has 0 aliphatic rings. The van der Waals surface area contributed by atoms with Crippen molar-refractivity contribution in [2.24, 2.45) is 14.3 Å². The average molecular weight is 594 g/mol. The van der Waals surface area contributed by atoms with Gasteiger partial charge in [0.15, 0.2) is 0 Å². The lowest BCUT2D eigenvalue weighted by atomic mass is 10.1. The van der Waals surface area contributed by atoms with Gasteiger partial charge in [-0.05, 0) is 67.3 Å². The maximum absolute atomic E-state index is 12.8. The lowest BCUT2D eigenvalue weighted by Gasteiger charge is -2.24. The lowest BCUT2D eigenvalue weighted by Crippen LogP contribution is -2.49. The van der Waals surface area contributed by atoms with Crippen LogP contribution in [0.15, 0.2) is 56.3 Å². The molecule has 0 fully saturated rings. The van der Waals surface area contributed by atoms with Gasteiger partial charge in [-0.2, -0.15) is 4.36 Å². The van der Waals surface area contributed by atoms with Crippen LogP contribution in [0.5, 0.6) is 0 Å². The van der Waals surface area contributed by atoms with Gasteiger partial charge < -0.3 is 5.32 Å². The highest BCUT2D eigenvalue weighted by Gasteiger charge is 2.21. The standard InChI is InChI=1S/C27H34Cl2N6O3S/c1-17(15-30-5)10-11-31-27(37)33-26(35(20(4)36)16-21-13-22(28)9-8-18(21)2)32-25-12-19(3)24(14-23(25)29)34-39(6,7)38/h8-10,12-15H,11,16H2,1-7H3,(H2,31,32,33,37)/b17-10-,30-15?. The van der Waals surface area contributed by atoms with Crippen molar-refractivity contribution >= 4 is 68.4 Å². The number of halogens is 2. The van der Waals surface area contributed by atoms with Gasteiger partial charge in [0, 0.05) is 54.0 Å². The number of hydrogen-bond donors (Lipinski definition) is 2. The molecule has 39 heavy (non-hydrogen) atoms. The third-order valence-corrected chi connectivity index (χ3v) is 6.50. The second kappa shape index (κ2) is 14.3. The van der Waals surface area contributed by atoms with Crippen LogP contribution in [0, 0.1) is 13.8 Å². The Kier molecular flexibility index (Phi) is 11.7. The number of carbonyl (C=O) groups is 2. The van der Waals surface area contributed by atoms with Gasteiger partial charge in [-0.15, -0.1) is 0 Å². The maximum Gasteiger partial charge on any atom is 0.321 e. The maximum atomic E-state index is 12.8. The monoisotopic (exact) mass is 592 g/mol. The Balaban J connectivity index is 2.55. The SMILES string of the molecule is CN=C/C(C)=C\CNC(=O)NC(=Nc1cc(C)c(N=S(C)(C)=O)cc1Cl)N(Cc1cc(Cl)ccc1C)C(C)=O. The number of amides is 3. The van der Waals surface area contributed by atoms with E-state index in [0.717, 1.165) is 16.7 Å². The van der Waals surface area contributed by atoms with Crippen LogP contribution in [0.25, 0.3) is 0 Å². The number of nitrogens with one attached hydrogen (secondary N) is 2. The summed E-state index contributed by atoms with van der Waals surface area (Å²) in [4.78, 5) is 35.5. The molecule has 0 aliphatic carbocycles. The van der Waals surface area contributed by atoms with E-state index in [1.54, 1.807) is 50.5 Å². The van der Waals surface area contributed by atoms with E-state index in [1.807, 2.05) is 19.9 Å². The van der Waals surface area contributed by atoms with E-state index in [1.165, 1.54) is 24.3 Å². The molecule has 210 valence electrons. The molecule has 0 bridgehead atoms. The second-order valence-corrected chi connectivity index (χ2v) is 12.5. The summed E-state index contributed by atoms with van der Waals surface area (Å²) in [6.45, 7) is 7.25. The lowest BCUT2D eigenvalue weighted by molar-refractivity contribution is -0.125. The van der Waals surface area contributed by atoms with Gasteiger partial charge in [-0.1, -0.05) is 35.3 Å². The Hall–Kier alpha value is -3.21. The molecule has 2 rings (SSSR count). The van der Waals surface area contributed by atoms with Crippen LogP contribution in [0.4, 0.5) is 16.2 Å². The molecule has 2 N–H and O–H groups in total. The van der Waals surface area contributed by atoms with Gasteiger partial charge in [0.2, 0.25) is 11.9 Å². The molecule has 0 saturated carbocycles. The molecule has 3 amide bonds. The smallest absolute Gasteiger partial charge is 0.321 e. The fraction of sp³-hybridized carbons (Fsp3) is 0.333. The number of aryl methyl sites for hydroxylation is 2. The van der Waals surface area contributed by atoms with Crippen LogP contribution in [-0.4, -0.2) is 59.3 Å². The highest BCUT2D eigenvalue weighted by molar-refractivity contribution is 7.92. The van der Waals surface area contributed by atoms with Gasteiger partial charge in [0.05, 0.1) is 22.9 Å². The van der Waals surface area contributed by atoms with E-state index in [0.29, 0.717) is 22.0 Å². The molecule has 9 nitrogen and oxygen atoms in total. The molecular weight excluding hydrogens is 559 g/mol. The normalized spacial score (nSPS) is 12.4. The van der Waals surface area contributed by atoms with Crippen molar-refractivity contribution in [1.29, 1.82) is 0 Å². The molecular formula is C27H34Cl2N6O3S. The molecule has 2 aromatic rings. The molecule has 12 heteroatoms. The fourth-order valence-corrected chi connectivity index (χ4v) is 4.43. The zero-order chi connectivity index (χ0) is 29.3. The Morgan fingerprint density at radius 2 is 1.74 bits per heavy atom. The number of guanidine groups is 1. The summed E-state index contributed by atoms with van der Waals surface area (Å²) in [6, 6.07) is 8.01. The number of nitrogens with zero attached hydrogens (tertiary/aromatic N) is 4. The number of rotatable bonds is 7. The average Bonchev–Trinajstić information content (AvgIpc) is 2.81. The summed E-state index contributed by atoms with van der Waals surface area (Å²) in [6.07, 6.45) is 6.53. The molecule has 0 spiro atoms. The van der Waals surface area contributed by atoms with Crippen LogP contribution < -0.4 is 10.6 Å².